The minimum absolute atomic E-state index is 0.153. The van der Waals surface area contributed by atoms with E-state index in [1.165, 1.54) is 6.08 Å². The van der Waals surface area contributed by atoms with Crippen molar-refractivity contribution in [2.24, 2.45) is 0 Å². The first-order valence-corrected chi connectivity index (χ1v) is 3.74. The average molecular weight is 158 g/mol. The van der Waals surface area contributed by atoms with Crippen LogP contribution in [0.1, 0.15) is 19.8 Å². The number of allylic oxidation sites excluding steroid dienone is 1. The first-order valence-electron chi connectivity index (χ1n) is 3.74. The van der Waals surface area contributed by atoms with Gasteiger partial charge in [-0.05, 0) is 12.5 Å². The third-order valence-electron chi connectivity index (χ3n) is 1.18. The van der Waals surface area contributed by atoms with Gasteiger partial charge in [0.2, 0.25) is 0 Å². The molecule has 0 aromatic rings. The summed E-state index contributed by atoms with van der Waals surface area (Å²) in [4.78, 5) is 10.2. The van der Waals surface area contributed by atoms with E-state index in [4.69, 9.17) is 9.84 Å². The van der Waals surface area contributed by atoms with Crippen LogP contribution < -0.4 is 0 Å². The lowest BCUT2D eigenvalue weighted by atomic mass is 10.4. The number of ether oxygens (including phenoxy) is 1. The molecule has 0 aromatic heterocycles. The molecule has 1 N–H and O–H groups in total. The Kier molecular flexibility index (Phi) is 6.73. The van der Waals surface area contributed by atoms with Crippen molar-refractivity contribution in [2.75, 3.05) is 13.2 Å². The summed E-state index contributed by atoms with van der Waals surface area (Å²) < 4.78 is 5.01. The maximum Gasteiger partial charge on any atom is 0.184 e. The Bertz CT molecular complexity index is 129. The van der Waals surface area contributed by atoms with E-state index < -0.39 is 0 Å². The Morgan fingerprint density at radius 3 is 2.82 bits per heavy atom. The van der Waals surface area contributed by atoms with Crippen molar-refractivity contribution >= 4 is 6.29 Å². The summed E-state index contributed by atoms with van der Waals surface area (Å²) in [6, 6.07) is 0. The van der Waals surface area contributed by atoms with E-state index in [9.17, 15) is 4.79 Å². The highest BCUT2D eigenvalue weighted by atomic mass is 16.5. The molecule has 0 aliphatic heterocycles. The second kappa shape index (κ2) is 7.28. The van der Waals surface area contributed by atoms with E-state index >= 15 is 0 Å². The molecular weight excluding hydrogens is 144 g/mol. The van der Waals surface area contributed by atoms with Gasteiger partial charge in [-0.15, -0.1) is 0 Å². The zero-order valence-electron chi connectivity index (χ0n) is 6.75. The number of rotatable bonds is 6. The molecule has 0 radical (unpaired) electrons. The van der Waals surface area contributed by atoms with Crippen molar-refractivity contribution in [3.8, 4) is 0 Å². The van der Waals surface area contributed by atoms with Gasteiger partial charge >= 0.3 is 0 Å². The maximum absolute atomic E-state index is 10.2. The van der Waals surface area contributed by atoms with Crippen LogP contribution in [0.4, 0.5) is 0 Å². The number of hydrogen-bond acceptors (Lipinski definition) is 3. The van der Waals surface area contributed by atoms with Crippen molar-refractivity contribution < 1.29 is 14.6 Å². The van der Waals surface area contributed by atoms with E-state index in [1.54, 1.807) is 0 Å². The lowest BCUT2D eigenvalue weighted by Crippen LogP contribution is -1.96. The molecule has 0 spiro atoms. The molecule has 0 fully saturated rings. The third kappa shape index (κ3) is 5.61. The number of aliphatic hydroxyl groups excluding tert-OH is 1. The molecule has 0 atom stereocenters. The molecule has 0 rings (SSSR count). The SMILES string of the molecule is CCCCOC(C=O)=CCO. The predicted molar refractivity (Wildman–Crippen MR) is 42.1 cm³/mol. The van der Waals surface area contributed by atoms with Crippen LogP contribution in [0.25, 0.3) is 0 Å². The summed E-state index contributed by atoms with van der Waals surface area (Å²) >= 11 is 0. The standard InChI is InChI=1S/C8H14O3/c1-2-3-6-11-8(7-10)4-5-9/h4,7,9H,2-3,5-6H2,1H3. The summed E-state index contributed by atoms with van der Waals surface area (Å²) in [5, 5.41) is 8.41. The fraction of sp³-hybridized carbons (Fsp3) is 0.625. The molecular formula is C8H14O3. The molecule has 11 heavy (non-hydrogen) atoms. The highest BCUT2D eigenvalue weighted by molar-refractivity contribution is 5.70. The fourth-order valence-corrected chi connectivity index (χ4v) is 0.565. The monoisotopic (exact) mass is 158 g/mol. The largest absolute Gasteiger partial charge is 0.490 e. The Morgan fingerprint density at radius 1 is 1.64 bits per heavy atom. The van der Waals surface area contributed by atoms with Crippen LogP contribution in [0, 0.1) is 0 Å². The van der Waals surface area contributed by atoms with Crippen LogP contribution >= 0.6 is 0 Å². The topological polar surface area (TPSA) is 46.5 Å². The normalized spacial score (nSPS) is 11.3. The first-order chi connectivity index (χ1) is 5.35. The molecule has 0 unspecified atom stereocenters. The summed E-state index contributed by atoms with van der Waals surface area (Å²) in [7, 11) is 0. The first kappa shape index (κ1) is 10.2. The number of aldehydes is 1. The van der Waals surface area contributed by atoms with E-state index in [2.05, 4.69) is 0 Å². The van der Waals surface area contributed by atoms with E-state index in [0.717, 1.165) is 12.8 Å². The smallest absolute Gasteiger partial charge is 0.184 e. The van der Waals surface area contributed by atoms with Crippen LogP contribution in [0.2, 0.25) is 0 Å². The zero-order chi connectivity index (χ0) is 8.53. The van der Waals surface area contributed by atoms with Crippen LogP contribution in [-0.4, -0.2) is 24.6 Å². The average Bonchev–Trinajstić information content (AvgIpc) is 2.03. The lowest BCUT2D eigenvalue weighted by molar-refractivity contribution is -0.107. The minimum atomic E-state index is -0.153. The zero-order valence-corrected chi connectivity index (χ0v) is 6.75. The summed E-state index contributed by atoms with van der Waals surface area (Å²) in [5.74, 6) is 0.223. The number of aliphatic hydroxyl groups is 1. The third-order valence-corrected chi connectivity index (χ3v) is 1.18. The quantitative estimate of drug-likeness (QED) is 0.270. The second-order valence-electron chi connectivity index (χ2n) is 2.11. The van der Waals surface area contributed by atoms with E-state index in [1.807, 2.05) is 6.92 Å². The number of unbranched alkanes of at least 4 members (excludes halogenated alkanes) is 1. The molecule has 0 aliphatic carbocycles. The van der Waals surface area contributed by atoms with Crippen molar-refractivity contribution in [3.63, 3.8) is 0 Å². The molecule has 0 aromatic carbocycles. The minimum Gasteiger partial charge on any atom is -0.490 e. The highest BCUT2D eigenvalue weighted by Gasteiger charge is 1.92. The molecule has 0 bridgehead atoms. The fourth-order valence-electron chi connectivity index (χ4n) is 0.565. The Hall–Kier alpha value is -0.830. The molecule has 3 heteroatoms. The highest BCUT2D eigenvalue weighted by Crippen LogP contribution is 1.95. The predicted octanol–water partition coefficient (Wildman–Crippen LogP) is 0.878. The van der Waals surface area contributed by atoms with Crippen LogP contribution in [-0.2, 0) is 9.53 Å². The Balaban J connectivity index is 3.52. The van der Waals surface area contributed by atoms with Gasteiger partial charge in [-0.1, -0.05) is 13.3 Å². The van der Waals surface area contributed by atoms with Gasteiger partial charge in [0.1, 0.15) is 0 Å². The molecule has 0 aliphatic rings. The van der Waals surface area contributed by atoms with Gasteiger partial charge < -0.3 is 9.84 Å². The molecule has 0 saturated heterocycles. The summed E-state index contributed by atoms with van der Waals surface area (Å²) in [5.41, 5.74) is 0. The summed E-state index contributed by atoms with van der Waals surface area (Å²) in [6.07, 6.45) is 3.91. The van der Waals surface area contributed by atoms with Gasteiger partial charge in [0.15, 0.2) is 12.0 Å². The van der Waals surface area contributed by atoms with E-state index in [0.29, 0.717) is 12.9 Å². The van der Waals surface area contributed by atoms with Gasteiger partial charge in [0.25, 0.3) is 0 Å². The van der Waals surface area contributed by atoms with Crippen molar-refractivity contribution in [2.45, 2.75) is 19.8 Å². The van der Waals surface area contributed by atoms with Crippen LogP contribution in [0.15, 0.2) is 11.8 Å². The van der Waals surface area contributed by atoms with Gasteiger partial charge in [-0.2, -0.15) is 0 Å². The van der Waals surface area contributed by atoms with Gasteiger partial charge in [0.05, 0.1) is 13.2 Å². The van der Waals surface area contributed by atoms with E-state index in [-0.39, 0.29) is 12.4 Å². The molecule has 64 valence electrons. The van der Waals surface area contributed by atoms with Crippen LogP contribution in [0.5, 0.6) is 0 Å². The van der Waals surface area contributed by atoms with Crippen molar-refractivity contribution in [1.82, 2.24) is 0 Å². The van der Waals surface area contributed by atoms with Crippen molar-refractivity contribution in [3.05, 3.63) is 11.8 Å². The molecule has 3 nitrogen and oxygen atoms in total. The molecule has 0 saturated carbocycles. The number of hydrogen-bond donors (Lipinski definition) is 1. The Labute approximate surface area is 66.7 Å². The number of carbonyl (C=O) groups excluding carboxylic acids is 1. The molecule has 0 amide bonds. The van der Waals surface area contributed by atoms with Crippen molar-refractivity contribution in [1.29, 1.82) is 0 Å². The number of carbonyl (C=O) groups is 1. The Morgan fingerprint density at radius 2 is 2.36 bits per heavy atom. The van der Waals surface area contributed by atoms with Gasteiger partial charge in [0, 0.05) is 0 Å². The maximum atomic E-state index is 10.2. The van der Waals surface area contributed by atoms with Gasteiger partial charge in [-0.25, -0.2) is 0 Å². The molecule has 0 heterocycles. The summed E-state index contributed by atoms with van der Waals surface area (Å²) in [6.45, 7) is 2.43. The lowest BCUT2D eigenvalue weighted by Gasteiger charge is -2.02. The van der Waals surface area contributed by atoms with Crippen LogP contribution in [0.3, 0.4) is 0 Å². The second-order valence-corrected chi connectivity index (χ2v) is 2.11. The van der Waals surface area contributed by atoms with Gasteiger partial charge in [-0.3, -0.25) is 4.79 Å².